The Morgan fingerprint density at radius 1 is 1.17 bits per heavy atom. The number of nitrogens with one attached hydrogen (secondary N) is 1. The van der Waals surface area contributed by atoms with Gasteiger partial charge in [-0.25, -0.2) is 4.98 Å². The van der Waals surface area contributed by atoms with Crippen LogP contribution in [0.3, 0.4) is 0 Å². The van der Waals surface area contributed by atoms with Crippen molar-refractivity contribution in [2.24, 2.45) is 0 Å². The first-order valence-corrected chi connectivity index (χ1v) is 9.10. The molecular formula is C19H21N3OS. The van der Waals surface area contributed by atoms with Crippen molar-refractivity contribution in [2.45, 2.75) is 26.1 Å². The number of aromatic nitrogens is 2. The lowest BCUT2D eigenvalue weighted by atomic mass is 10.1. The van der Waals surface area contributed by atoms with Crippen molar-refractivity contribution in [1.82, 2.24) is 14.7 Å². The Labute approximate surface area is 146 Å². The third-order valence-corrected chi connectivity index (χ3v) is 4.84. The zero-order valence-electron chi connectivity index (χ0n) is 14.0. The first kappa shape index (κ1) is 16.6. The van der Waals surface area contributed by atoms with Crippen LogP contribution in [0.25, 0.3) is 5.65 Å². The van der Waals surface area contributed by atoms with Crippen LogP contribution in [0.4, 0.5) is 0 Å². The van der Waals surface area contributed by atoms with Gasteiger partial charge in [0.1, 0.15) is 5.65 Å². The molecule has 0 aliphatic rings. The summed E-state index contributed by atoms with van der Waals surface area (Å²) in [6.45, 7) is 4.70. The molecule has 2 aromatic heterocycles. The Bertz CT molecular complexity index is 857. The molecule has 0 bridgehead atoms. The topological polar surface area (TPSA) is 46.4 Å². The van der Waals surface area contributed by atoms with E-state index in [1.807, 2.05) is 34.9 Å². The lowest BCUT2D eigenvalue weighted by Crippen LogP contribution is -2.25. The summed E-state index contributed by atoms with van der Waals surface area (Å²) in [6, 6.07) is 12.2. The molecule has 0 fully saturated rings. The van der Waals surface area contributed by atoms with Gasteiger partial charge in [0.05, 0.1) is 11.4 Å². The minimum atomic E-state index is 0.0582. The second-order valence-corrected chi connectivity index (χ2v) is 6.89. The predicted octanol–water partition coefficient (Wildman–Crippen LogP) is 3.50. The monoisotopic (exact) mass is 339 g/mol. The van der Waals surface area contributed by atoms with Crippen LogP contribution in [0, 0.1) is 13.8 Å². The van der Waals surface area contributed by atoms with Crippen LogP contribution in [0.2, 0.25) is 0 Å². The summed E-state index contributed by atoms with van der Waals surface area (Å²) < 4.78 is 2.03. The molecule has 3 aromatic rings. The van der Waals surface area contributed by atoms with E-state index in [9.17, 15) is 4.79 Å². The smallest absolute Gasteiger partial charge is 0.230 e. The Morgan fingerprint density at radius 3 is 2.83 bits per heavy atom. The summed E-state index contributed by atoms with van der Waals surface area (Å²) >= 11 is 1.59. The van der Waals surface area contributed by atoms with E-state index in [2.05, 4.69) is 42.5 Å². The van der Waals surface area contributed by atoms with Gasteiger partial charge in [-0.1, -0.05) is 30.3 Å². The lowest BCUT2D eigenvalue weighted by molar-refractivity contribution is -0.118. The second kappa shape index (κ2) is 7.53. The maximum absolute atomic E-state index is 12.0. The molecule has 5 heteroatoms. The Kier molecular flexibility index (Phi) is 5.20. The van der Waals surface area contributed by atoms with Crippen LogP contribution in [-0.2, 0) is 17.1 Å². The summed E-state index contributed by atoms with van der Waals surface area (Å²) in [5.74, 6) is 1.24. The molecule has 1 N–H and O–H groups in total. The third-order valence-electron chi connectivity index (χ3n) is 3.87. The van der Waals surface area contributed by atoms with Gasteiger partial charge in [0, 0.05) is 24.7 Å². The molecular weight excluding hydrogens is 318 g/mol. The SMILES string of the molecule is Cc1ccc2nc(CSCC(=O)NCc3ccccc3C)cn2c1. The van der Waals surface area contributed by atoms with E-state index in [0.717, 1.165) is 22.7 Å². The number of aryl methyl sites for hydroxylation is 2. The molecule has 2 heterocycles. The van der Waals surface area contributed by atoms with Crippen LogP contribution >= 0.6 is 11.8 Å². The van der Waals surface area contributed by atoms with E-state index >= 15 is 0 Å². The van der Waals surface area contributed by atoms with Crippen molar-refractivity contribution in [3.63, 3.8) is 0 Å². The van der Waals surface area contributed by atoms with E-state index in [1.165, 1.54) is 11.1 Å². The molecule has 24 heavy (non-hydrogen) atoms. The number of hydrogen-bond donors (Lipinski definition) is 1. The predicted molar refractivity (Wildman–Crippen MR) is 99.1 cm³/mol. The van der Waals surface area contributed by atoms with Gasteiger partial charge >= 0.3 is 0 Å². The van der Waals surface area contributed by atoms with E-state index < -0.39 is 0 Å². The molecule has 0 aliphatic heterocycles. The number of amides is 1. The minimum Gasteiger partial charge on any atom is -0.351 e. The number of thioether (sulfide) groups is 1. The number of carbonyl (C=O) groups is 1. The molecule has 0 unspecified atom stereocenters. The molecule has 3 rings (SSSR count). The van der Waals surface area contributed by atoms with Crippen molar-refractivity contribution in [1.29, 1.82) is 0 Å². The number of hydrogen-bond acceptors (Lipinski definition) is 3. The molecule has 1 aromatic carbocycles. The molecule has 0 aliphatic carbocycles. The average Bonchev–Trinajstić information content (AvgIpc) is 2.96. The molecule has 1 amide bonds. The number of nitrogens with zero attached hydrogens (tertiary/aromatic N) is 2. The Balaban J connectivity index is 1.47. The van der Waals surface area contributed by atoms with E-state index in [0.29, 0.717) is 12.3 Å². The van der Waals surface area contributed by atoms with Gasteiger partial charge in [-0.05, 0) is 36.6 Å². The summed E-state index contributed by atoms with van der Waals surface area (Å²) in [7, 11) is 0. The summed E-state index contributed by atoms with van der Waals surface area (Å²) in [4.78, 5) is 16.5. The van der Waals surface area contributed by atoms with Crippen molar-refractivity contribution >= 4 is 23.3 Å². The number of rotatable bonds is 6. The highest BCUT2D eigenvalue weighted by Crippen LogP contribution is 2.14. The van der Waals surface area contributed by atoms with Crippen LogP contribution in [0.1, 0.15) is 22.4 Å². The largest absolute Gasteiger partial charge is 0.351 e. The highest BCUT2D eigenvalue weighted by molar-refractivity contribution is 7.99. The molecule has 0 spiro atoms. The highest BCUT2D eigenvalue weighted by Gasteiger charge is 2.06. The maximum Gasteiger partial charge on any atom is 0.230 e. The number of pyridine rings is 1. The Hall–Kier alpha value is -2.27. The van der Waals surface area contributed by atoms with Gasteiger partial charge < -0.3 is 9.72 Å². The van der Waals surface area contributed by atoms with Crippen molar-refractivity contribution in [3.05, 3.63) is 71.2 Å². The zero-order valence-corrected chi connectivity index (χ0v) is 14.8. The number of imidazole rings is 1. The minimum absolute atomic E-state index is 0.0582. The van der Waals surface area contributed by atoms with Gasteiger partial charge in [0.15, 0.2) is 0 Å². The normalized spacial score (nSPS) is 10.9. The fraction of sp³-hybridized carbons (Fsp3) is 0.263. The molecule has 4 nitrogen and oxygen atoms in total. The third kappa shape index (κ3) is 4.17. The van der Waals surface area contributed by atoms with Crippen molar-refractivity contribution < 1.29 is 4.79 Å². The average molecular weight is 339 g/mol. The van der Waals surface area contributed by atoms with E-state index in [4.69, 9.17) is 0 Å². The fourth-order valence-corrected chi connectivity index (χ4v) is 3.26. The van der Waals surface area contributed by atoms with Crippen molar-refractivity contribution in [2.75, 3.05) is 5.75 Å². The summed E-state index contributed by atoms with van der Waals surface area (Å²) in [6.07, 6.45) is 4.09. The van der Waals surface area contributed by atoms with Crippen molar-refractivity contribution in [3.8, 4) is 0 Å². The van der Waals surface area contributed by atoms with Gasteiger partial charge in [0.25, 0.3) is 0 Å². The van der Waals surface area contributed by atoms with Crippen LogP contribution in [0.5, 0.6) is 0 Å². The summed E-state index contributed by atoms with van der Waals surface area (Å²) in [5.41, 5.74) is 5.50. The number of carbonyl (C=O) groups excluding carboxylic acids is 1. The fourth-order valence-electron chi connectivity index (χ4n) is 2.53. The zero-order chi connectivity index (χ0) is 16.9. The highest BCUT2D eigenvalue weighted by atomic mass is 32.2. The molecule has 124 valence electrons. The molecule has 0 atom stereocenters. The first-order chi connectivity index (χ1) is 11.6. The van der Waals surface area contributed by atoms with Crippen LogP contribution in [0.15, 0.2) is 48.8 Å². The quantitative estimate of drug-likeness (QED) is 0.748. The van der Waals surface area contributed by atoms with Gasteiger partial charge in [0.2, 0.25) is 5.91 Å². The first-order valence-electron chi connectivity index (χ1n) is 7.95. The maximum atomic E-state index is 12.0. The van der Waals surface area contributed by atoms with E-state index in [-0.39, 0.29) is 5.91 Å². The number of fused-ring (bicyclic) bond motifs is 1. The molecule has 0 radical (unpaired) electrons. The van der Waals surface area contributed by atoms with E-state index in [1.54, 1.807) is 11.8 Å². The summed E-state index contributed by atoms with van der Waals surface area (Å²) in [5, 5.41) is 2.97. The van der Waals surface area contributed by atoms with Crippen LogP contribution < -0.4 is 5.32 Å². The molecule has 0 saturated carbocycles. The Morgan fingerprint density at radius 2 is 2.00 bits per heavy atom. The van der Waals surface area contributed by atoms with Gasteiger partial charge in [-0.2, -0.15) is 0 Å². The standard InChI is InChI=1S/C19H21N3OS/c1-14-7-8-18-21-17(11-22(18)10-14)12-24-13-19(23)20-9-16-6-4-3-5-15(16)2/h3-8,10-11H,9,12-13H2,1-2H3,(H,20,23). The number of benzene rings is 1. The van der Waals surface area contributed by atoms with Gasteiger partial charge in [-0.15, -0.1) is 11.8 Å². The second-order valence-electron chi connectivity index (χ2n) is 5.90. The van der Waals surface area contributed by atoms with Crippen LogP contribution in [-0.4, -0.2) is 21.0 Å². The lowest BCUT2D eigenvalue weighted by Gasteiger charge is -2.07. The molecule has 0 saturated heterocycles. The van der Waals surface area contributed by atoms with Gasteiger partial charge in [-0.3, -0.25) is 4.79 Å².